The van der Waals surface area contributed by atoms with Crippen molar-refractivity contribution in [3.8, 4) is 0 Å². The molecule has 0 aliphatic rings. The molecule has 0 fully saturated rings. The van der Waals surface area contributed by atoms with Crippen molar-refractivity contribution in [3.63, 3.8) is 0 Å². The number of rotatable bonds is 9. The van der Waals surface area contributed by atoms with Crippen LogP contribution in [0.15, 0.2) is 24.3 Å². The molecule has 2 atom stereocenters. The first-order valence-corrected chi connectivity index (χ1v) is 7.96. The minimum Gasteiger partial charge on any atom is -0.377 e. The molecule has 0 saturated carbocycles. The molecule has 0 aromatic heterocycles. The minimum absolute atomic E-state index is 0.199. The summed E-state index contributed by atoms with van der Waals surface area (Å²) in [5.41, 5.74) is 2.61. The van der Waals surface area contributed by atoms with Gasteiger partial charge in [-0.15, -0.1) is 0 Å². The second-order valence-electron chi connectivity index (χ2n) is 6.06. The summed E-state index contributed by atoms with van der Waals surface area (Å²) in [6, 6.07) is 9.03. The predicted molar refractivity (Wildman–Crippen MR) is 87.1 cm³/mol. The summed E-state index contributed by atoms with van der Waals surface area (Å²) in [7, 11) is 0. The molecule has 1 aromatic carbocycles. The Morgan fingerprint density at radius 2 is 1.75 bits per heavy atom. The second kappa shape index (κ2) is 9.15. The van der Waals surface area contributed by atoms with Crippen LogP contribution in [0.3, 0.4) is 0 Å². The summed E-state index contributed by atoms with van der Waals surface area (Å²) in [4.78, 5) is 0. The molecular formula is C18H31NO. The SMILES string of the molecule is CCNC(c1ccc(C)cc1)C(C)OCCCC(C)C. The molecule has 1 N–H and O–H groups in total. The molecule has 2 nitrogen and oxygen atoms in total. The molecule has 114 valence electrons. The van der Waals surface area contributed by atoms with Crippen molar-refractivity contribution in [2.45, 2.75) is 59.6 Å². The number of nitrogens with one attached hydrogen (secondary N) is 1. The van der Waals surface area contributed by atoms with Crippen molar-refractivity contribution in [2.75, 3.05) is 13.2 Å². The summed E-state index contributed by atoms with van der Waals surface area (Å²) >= 11 is 0. The molecule has 2 unspecified atom stereocenters. The molecule has 1 aromatic rings. The Balaban J connectivity index is 2.54. The summed E-state index contributed by atoms with van der Waals surface area (Å²) < 4.78 is 6.03. The molecule has 0 spiro atoms. The summed E-state index contributed by atoms with van der Waals surface area (Å²) in [5, 5.41) is 3.54. The molecule has 0 bridgehead atoms. The first kappa shape index (κ1) is 17.2. The van der Waals surface area contributed by atoms with Gasteiger partial charge in [0.1, 0.15) is 0 Å². The Morgan fingerprint density at radius 3 is 2.30 bits per heavy atom. The van der Waals surface area contributed by atoms with Gasteiger partial charge in [0, 0.05) is 6.61 Å². The van der Waals surface area contributed by atoms with Crippen LogP contribution in [0.5, 0.6) is 0 Å². The maximum atomic E-state index is 6.03. The van der Waals surface area contributed by atoms with E-state index in [-0.39, 0.29) is 12.1 Å². The molecule has 2 heteroatoms. The number of likely N-dealkylation sites (N-methyl/N-ethyl adjacent to an activating group) is 1. The monoisotopic (exact) mass is 277 g/mol. The van der Waals surface area contributed by atoms with Crippen LogP contribution in [-0.4, -0.2) is 19.3 Å². The molecule has 20 heavy (non-hydrogen) atoms. The second-order valence-corrected chi connectivity index (χ2v) is 6.06. The van der Waals surface area contributed by atoms with Crippen molar-refractivity contribution in [3.05, 3.63) is 35.4 Å². The Morgan fingerprint density at radius 1 is 1.10 bits per heavy atom. The highest BCUT2D eigenvalue weighted by molar-refractivity contribution is 5.24. The lowest BCUT2D eigenvalue weighted by molar-refractivity contribution is 0.0355. The van der Waals surface area contributed by atoms with Crippen LogP contribution < -0.4 is 5.32 Å². The fraction of sp³-hybridized carbons (Fsp3) is 0.667. The zero-order valence-corrected chi connectivity index (χ0v) is 13.8. The van der Waals surface area contributed by atoms with Gasteiger partial charge in [-0.2, -0.15) is 0 Å². The van der Waals surface area contributed by atoms with E-state index < -0.39 is 0 Å². The van der Waals surface area contributed by atoms with Gasteiger partial charge in [-0.3, -0.25) is 0 Å². The third kappa shape index (κ3) is 6.06. The zero-order valence-electron chi connectivity index (χ0n) is 13.8. The molecule has 1 rings (SSSR count). The van der Waals surface area contributed by atoms with Crippen molar-refractivity contribution in [1.29, 1.82) is 0 Å². The topological polar surface area (TPSA) is 21.3 Å². The van der Waals surface area contributed by atoms with E-state index in [0.29, 0.717) is 0 Å². The highest BCUT2D eigenvalue weighted by Gasteiger charge is 2.18. The van der Waals surface area contributed by atoms with Gasteiger partial charge in [-0.05, 0) is 44.7 Å². The average molecular weight is 277 g/mol. The van der Waals surface area contributed by atoms with E-state index in [0.717, 1.165) is 25.5 Å². The maximum Gasteiger partial charge on any atom is 0.0741 e. The van der Waals surface area contributed by atoms with Gasteiger partial charge in [-0.25, -0.2) is 0 Å². The molecule has 0 amide bonds. The Bertz CT molecular complexity index is 358. The Hall–Kier alpha value is -0.860. The third-order valence-electron chi connectivity index (χ3n) is 3.64. The quantitative estimate of drug-likeness (QED) is 0.672. The summed E-state index contributed by atoms with van der Waals surface area (Å²) in [5.74, 6) is 0.760. The number of benzene rings is 1. The van der Waals surface area contributed by atoms with Crippen LogP contribution in [0.1, 0.15) is 57.7 Å². The lowest BCUT2D eigenvalue weighted by Gasteiger charge is -2.26. The van der Waals surface area contributed by atoms with Crippen molar-refractivity contribution in [1.82, 2.24) is 5.32 Å². The molecule has 0 radical (unpaired) electrons. The van der Waals surface area contributed by atoms with Gasteiger partial charge in [-0.1, -0.05) is 50.6 Å². The van der Waals surface area contributed by atoms with Crippen molar-refractivity contribution < 1.29 is 4.74 Å². The molecule has 0 aliphatic heterocycles. The van der Waals surface area contributed by atoms with Crippen LogP contribution in [0.2, 0.25) is 0 Å². The lowest BCUT2D eigenvalue weighted by Crippen LogP contribution is -2.32. The smallest absolute Gasteiger partial charge is 0.0741 e. The van der Waals surface area contributed by atoms with Gasteiger partial charge in [0.25, 0.3) is 0 Å². The Labute approximate surface area is 124 Å². The largest absolute Gasteiger partial charge is 0.377 e. The third-order valence-corrected chi connectivity index (χ3v) is 3.64. The maximum absolute atomic E-state index is 6.03. The number of hydrogen-bond acceptors (Lipinski definition) is 2. The summed E-state index contributed by atoms with van der Waals surface area (Å²) in [6.45, 7) is 12.8. The van der Waals surface area contributed by atoms with Crippen LogP contribution in [0.4, 0.5) is 0 Å². The molecule has 0 heterocycles. The van der Waals surface area contributed by atoms with Gasteiger partial charge in [0.2, 0.25) is 0 Å². The molecule has 0 aliphatic carbocycles. The van der Waals surface area contributed by atoms with Gasteiger partial charge in [0.05, 0.1) is 12.1 Å². The van der Waals surface area contributed by atoms with Gasteiger partial charge >= 0.3 is 0 Å². The van der Waals surface area contributed by atoms with E-state index >= 15 is 0 Å². The van der Waals surface area contributed by atoms with Gasteiger partial charge < -0.3 is 10.1 Å². The first-order valence-electron chi connectivity index (χ1n) is 7.96. The summed E-state index contributed by atoms with van der Waals surface area (Å²) in [6.07, 6.45) is 2.59. The molecule has 0 saturated heterocycles. The standard InChI is InChI=1S/C18H31NO/c1-6-19-18(17-11-9-15(4)10-12-17)16(5)20-13-7-8-14(2)3/h9-12,14,16,18-19H,6-8,13H2,1-5H3. The highest BCUT2D eigenvalue weighted by Crippen LogP contribution is 2.20. The van der Waals surface area contributed by atoms with Crippen LogP contribution >= 0.6 is 0 Å². The van der Waals surface area contributed by atoms with E-state index in [1.54, 1.807) is 0 Å². The Kier molecular flexibility index (Phi) is 7.86. The lowest BCUT2D eigenvalue weighted by atomic mass is 10.0. The number of ether oxygens (including phenoxy) is 1. The zero-order chi connectivity index (χ0) is 15.0. The van der Waals surface area contributed by atoms with E-state index in [9.17, 15) is 0 Å². The van der Waals surface area contributed by atoms with Crippen molar-refractivity contribution >= 4 is 0 Å². The first-order chi connectivity index (χ1) is 9.54. The highest BCUT2D eigenvalue weighted by atomic mass is 16.5. The number of aryl methyl sites for hydroxylation is 1. The normalized spacial score (nSPS) is 14.5. The fourth-order valence-electron chi connectivity index (χ4n) is 2.41. The van der Waals surface area contributed by atoms with E-state index in [4.69, 9.17) is 4.74 Å². The fourth-order valence-corrected chi connectivity index (χ4v) is 2.41. The minimum atomic E-state index is 0.199. The van der Waals surface area contributed by atoms with E-state index in [1.165, 1.54) is 17.5 Å². The van der Waals surface area contributed by atoms with Crippen molar-refractivity contribution in [2.24, 2.45) is 5.92 Å². The predicted octanol–water partition coefficient (Wildman–Crippen LogP) is 4.49. The van der Waals surface area contributed by atoms with Crippen LogP contribution in [0, 0.1) is 12.8 Å². The molecular weight excluding hydrogens is 246 g/mol. The van der Waals surface area contributed by atoms with Crippen LogP contribution in [-0.2, 0) is 4.74 Å². The van der Waals surface area contributed by atoms with E-state index in [2.05, 4.69) is 64.2 Å². The van der Waals surface area contributed by atoms with Crippen LogP contribution in [0.25, 0.3) is 0 Å². The average Bonchev–Trinajstić information content (AvgIpc) is 2.42. The van der Waals surface area contributed by atoms with E-state index in [1.807, 2.05) is 0 Å². The van der Waals surface area contributed by atoms with Gasteiger partial charge in [0.15, 0.2) is 0 Å². The number of hydrogen-bond donors (Lipinski definition) is 1.